The van der Waals surface area contributed by atoms with Gasteiger partial charge in [0.1, 0.15) is 0 Å². The van der Waals surface area contributed by atoms with Gasteiger partial charge in [-0.25, -0.2) is 0 Å². The Labute approximate surface area is 99.6 Å². The maximum Gasteiger partial charge on any atom is 0.0345 e. The largest absolute Gasteiger partial charge is 0.144 e. The van der Waals surface area contributed by atoms with Gasteiger partial charge in [0.05, 0.1) is 0 Å². The molecule has 0 nitrogen and oxygen atoms in total. The summed E-state index contributed by atoms with van der Waals surface area (Å²) in [4.78, 5) is 0. The van der Waals surface area contributed by atoms with Gasteiger partial charge < -0.3 is 0 Å². The lowest BCUT2D eigenvalue weighted by Crippen LogP contribution is -2.16. The van der Waals surface area contributed by atoms with Crippen molar-refractivity contribution < 1.29 is 0 Å². The number of rotatable bonds is 1. The van der Waals surface area contributed by atoms with Crippen LogP contribution in [0.4, 0.5) is 0 Å². The number of hydrogen-bond acceptors (Lipinski definition) is 1. The normalized spacial score (nSPS) is 26.0. The van der Waals surface area contributed by atoms with Gasteiger partial charge in [-0.2, -0.15) is 0 Å². The Morgan fingerprint density at radius 1 is 1.25 bits per heavy atom. The molecule has 0 aliphatic heterocycles. The predicted octanol–water partition coefficient (Wildman–Crippen LogP) is 4.73. The molecule has 1 atom stereocenters. The third kappa shape index (κ3) is 1.04. The molecule has 0 radical (unpaired) electrons. The van der Waals surface area contributed by atoms with E-state index in [2.05, 4.69) is 36.2 Å². The zero-order valence-electron chi connectivity index (χ0n) is 9.20. The molecule has 1 aromatic heterocycles. The van der Waals surface area contributed by atoms with Gasteiger partial charge in [-0.3, -0.25) is 0 Å². The Bertz CT molecular complexity index is 582. The highest BCUT2D eigenvalue weighted by Crippen LogP contribution is 2.72. The first-order valence-corrected chi connectivity index (χ1v) is 6.79. The third-order valence-corrected chi connectivity index (χ3v) is 5.26. The molecule has 2 saturated carbocycles. The van der Waals surface area contributed by atoms with Crippen LogP contribution in [0.1, 0.15) is 30.7 Å². The van der Waals surface area contributed by atoms with E-state index in [1.807, 2.05) is 11.3 Å². The maximum absolute atomic E-state index is 4.08. The molecule has 1 unspecified atom stereocenters. The van der Waals surface area contributed by atoms with Crippen molar-refractivity contribution in [1.82, 2.24) is 0 Å². The first kappa shape index (κ1) is 9.00. The van der Waals surface area contributed by atoms with Crippen LogP contribution in [0.2, 0.25) is 0 Å². The van der Waals surface area contributed by atoms with E-state index in [1.165, 1.54) is 34.9 Å². The zero-order valence-corrected chi connectivity index (χ0v) is 10.0. The van der Waals surface area contributed by atoms with Gasteiger partial charge in [-0.15, -0.1) is 11.3 Å². The average Bonchev–Trinajstić information content (AvgIpc) is 2.83. The molecule has 80 valence electrons. The molecule has 1 heteroatoms. The number of allylic oxidation sites excluding steroid dienone is 1. The Morgan fingerprint density at radius 3 is 2.88 bits per heavy atom. The van der Waals surface area contributed by atoms with E-state index in [4.69, 9.17) is 0 Å². The lowest BCUT2D eigenvalue weighted by atomic mass is 9.75. The highest BCUT2D eigenvalue weighted by atomic mass is 32.1. The molecule has 4 rings (SSSR count). The molecule has 0 saturated heterocycles. The second-order valence-electron chi connectivity index (χ2n) is 5.41. The van der Waals surface area contributed by atoms with Gasteiger partial charge in [0, 0.05) is 4.70 Å². The molecule has 2 aliphatic carbocycles. The summed E-state index contributed by atoms with van der Waals surface area (Å²) >= 11 is 1.90. The minimum Gasteiger partial charge on any atom is -0.144 e. The summed E-state index contributed by atoms with van der Waals surface area (Å²) in [7, 11) is 0. The number of hydrogen-bond donors (Lipinski definition) is 0. The number of thiophene rings is 1. The highest BCUT2D eigenvalue weighted by molar-refractivity contribution is 7.17. The van der Waals surface area contributed by atoms with Crippen LogP contribution in [0.3, 0.4) is 0 Å². The third-order valence-electron chi connectivity index (χ3n) is 4.28. The summed E-state index contributed by atoms with van der Waals surface area (Å²) in [5.41, 5.74) is 3.70. The van der Waals surface area contributed by atoms with E-state index in [0.717, 1.165) is 5.92 Å². The van der Waals surface area contributed by atoms with Gasteiger partial charge in [-0.1, -0.05) is 30.4 Å². The lowest BCUT2D eigenvalue weighted by molar-refractivity contribution is 0.380. The van der Waals surface area contributed by atoms with Crippen molar-refractivity contribution in [2.45, 2.75) is 25.2 Å². The van der Waals surface area contributed by atoms with E-state index < -0.39 is 0 Å². The molecule has 1 spiro atoms. The second kappa shape index (κ2) is 2.78. The van der Waals surface area contributed by atoms with Crippen LogP contribution >= 0.6 is 11.3 Å². The van der Waals surface area contributed by atoms with Crippen LogP contribution in [0, 0.1) is 5.41 Å². The Kier molecular flexibility index (Phi) is 1.56. The SMILES string of the molecule is C=C1CC2(C1)CC2c1csc2ccccc12. The molecule has 2 fully saturated rings. The summed E-state index contributed by atoms with van der Waals surface area (Å²) in [5.74, 6) is 0.828. The molecular weight excluding hydrogens is 212 g/mol. The minimum atomic E-state index is 0.640. The van der Waals surface area contributed by atoms with Crippen molar-refractivity contribution in [2.24, 2.45) is 5.41 Å². The monoisotopic (exact) mass is 226 g/mol. The number of benzene rings is 1. The lowest BCUT2D eigenvalue weighted by Gasteiger charge is -2.29. The Hall–Kier alpha value is -1.08. The predicted molar refractivity (Wildman–Crippen MR) is 70.0 cm³/mol. The van der Waals surface area contributed by atoms with Crippen LogP contribution in [-0.4, -0.2) is 0 Å². The Morgan fingerprint density at radius 2 is 2.06 bits per heavy atom. The first-order valence-electron chi connectivity index (χ1n) is 5.91. The Balaban J connectivity index is 1.76. The van der Waals surface area contributed by atoms with Crippen molar-refractivity contribution in [3.05, 3.63) is 47.4 Å². The molecule has 1 aromatic carbocycles. The average molecular weight is 226 g/mol. The zero-order chi connectivity index (χ0) is 10.8. The summed E-state index contributed by atoms with van der Waals surface area (Å²) in [6.45, 7) is 4.08. The van der Waals surface area contributed by atoms with E-state index in [9.17, 15) is 0 Å². The van der Waals surface area contributed by atoms with Gasteiger partial charge in [0.15, 0.2) is 0 Å². The second-order valence-corrected chi connectivity index (χ2v) is 6.32. The topological polar surface area (TPSA) is 0 Å². The smallest absolute Gasteiger partial charge is 0.0345 e. The standard InChI is InChI=1S/C15H14S/c1-10-6-15(7-10)8-13(15)12-9-16-14-5-3-2-4-11(12)14/h2-5,9,13H,1,6-8H2. The highest BCUT2D eigenvalue weighted by Gasteiger charge is 2.59. The quantitative estimate of drug-likeness (QED) is 0.617. The molecule has 1 heterocycles. The van der Waals surface area contributed by atoms with Crippen LogP contribution in [0.5, 0.6) is 0 Å². The van der Waals surface area contributed by atoms with Crippen LogP contribution in [0.15, 0.2) is 41.8 Å². The van der Waals surface area contributed by atoms with E-state index in [1.54, 1.807) is 5.56 Å². The van der Waals surface area contributed by atoms with E-state index in [0.29, 0.717) is 5.41 Å². The minimum absolute atomic E-state index is 0.640. The molecule has 2 aromatic rings. The summed E-state index contributed by atoms with van der Waals surface area (Å²) in [5, 5.41) is 3.87. The number of fused-ring (bicyclic) bond motifs is 1. The van der Waals surface area contributed by atoms with Crippen molar-refractivity contribution in [3.63, 3.8) is 0 Å². The van der Waals surface area contributed by atoms with Crippen LogP contribution in [-0.2, 0) is 0 Å². The van der Waals surface area contributed by atoms with Crippen molar-refractivity contribution in [1.29, 1.82) is 0 Å². The van der Waals surface area contributed by atoms with Gasteiger partial charge in [0.25, 0.3) is 0 Å². The van der Waals surface area contributed by atoms with Crippen molar-refractivity contribution in [2.75, 3.05) is 0 Å². The molecule has 16 heavy (non-hydrogen) atoms. The van der Waals surface area contributed by atoms with E-state index >= 15 is 0 Å². The van der Waals surface area contributed by atoms with Crippen LogP contribution in [0.25, 0.3) is 10.1 Å². The first-order chi connectivity index (χ1) is 7.78. The van der Waals surface area contributed by atoms with Gasteiger partial charge >= 0.3 is 0 Å². The fraction of sp³-hybridized carbons (Fsp3) is 0.333. The molecule has 0 bridgehead atoms. The van der Waals surface area contributed by atoms with Crippen LogP contribution < -0.4 is 0 Å². The van der Waals surface area contributed by atoms with E-state index in [-0.39, 0.29) is 0 Å². The fourth-order valence-electron chi connectivity index (χ4n) is 3.39. The van der Waals surface area contributed by atoms with Crippen molar-refractivity contribution in [3.8, 4) is 0 Å². The molecule has 0 amide bonds. The van der Waals surface area contributed by atoms with Crippen molar-refractivity contribution >= 4 is 21.4 Å². The summed E-state index contributed by atoms with van der Waals surface area (Å²) in [6, 6.07) is 8.81. The molecule has 2 aliphatic rings. The molecule has 0 N–H and O–H groups in total. The van der Waals surface area contributed by atoms with Gasteiger partial charge in [-0.05, 0) is 53.0 Å². The summed E-state index contributed by atoms with van der Waals surface area (Å²) in [6.07, 6.45) is 3.95. The fourth-order valence-corrected chi connectivity index (χ4v) is 4.41. The molecular formula is C15H14S. The van der Waals surface area contributed by atoms with Gasteiger partial charge in [0.2, 0.25) is 0 Å². The summed E-state index contributed by atoms with van der Waals surface area (Å²) < 4.78 is 1.44. The maximum atomic E-state index is 4.08.